The average molecular weight is 275 g/mol. The predicted molar refractivity (Wildman–Crippen MR) is 68.3 cm³/mol. The molecular formula is C12H22NO4P. The lowest BCUT2D eigenvalue weighted by Gasteiger charge is -2.41. The van der Waals surface area contributed by atoms with Crippen LogP contribution in [-0.4, -0.2) is 32.9 Å². The first-order chi connectivity index (χ1) is 8.34. The quantitative estimate of drug-likeness (QED) is 0.773. The molecule has 0 radical (unpaired) electrons. The van der Waals surface area contributed by atoms with Crippen LogP contribution in [0.2, 0.25) is 0 Å². The van der Waals surface area contributed by atoms with Crippen LogP contribution in [0, 0.1) is 11.3 Å². The molecule has 0 aliphatic heterocycles. The Kier molecular flexibility index (Phi) is 3.60. The van der Waals surface area contributed by atoms with E-state index in [-0.39, 0.29) is 11.5 Å². The van der Waals surface area contributed by atoms with Crippen LogP contribution in [0.15, 0.2) is 0 Å². The molecule has 0 saturated heterocycles. The summed E-state index contributed by atoms with van der Waals surface area (Å²) in [4.78, 5) is 31.5. The van der Waals surface area contributed by atoms with Gasteiger partial charge in [0, 0.05) is 12.6 Å². The van der Waals surface area contributed by atoms with Crippen molar-refractivity contribution < 1.29 is 19.1 Å². The summed E-state index contributed by atoms with van der Waals surface area (Å²) in [5.74, 6) is 0.633. The SMILES string of the molecule is CCN(C(=O)P(=O)(O)O)C1CC2CCC1(CC)C2. The number of nitrogens with zero attached hydrogens (tertiary/aromatic N) is 1. The molecule has 2 rings (SSSR count). The molecule has 2 aliphatic rings. The number of fused-ring (bicyclic) bond motifs is 2. The Balaban J connectivity index is 2.24. The molecule has 2 fully saturated rings. The molecule has 1 amide bonds. The van der Waals surface area contributed by atoms with Crippen LogP contribution < -0.4 is 0 Å². The largest absolute Gasteiger partial charge is 0.413 e. The van der Waals surface area contributed by atoms with Gasteiger partial charge in [0.25, 0.3) is 0 Å². The number of amides is 1. The second-order valence-corrected chi connectivity index (χ2v) is 7.16. The molecule has 0 aromatic heterocycles. The van der Waals surface area contributed by atoms with Crippen molar-refractivity contribution in [3.8, 4) is 0 Å². The molecule has 5 nitrogen and oxygen atoms in total. The predicted octanol–water partition coefficient (Wildman–Crippen LogP) is 2.57. The summed E-state index contributed by atoms with van der Waals surface area (Å²) < 4.78 is 11.2. The van der Waals surface area contributed by atoms with E-state index < -0.39 is 13.2 Å². The molecule has 3 unspecified atom stereocenters. The molecule has 3 atom stereocenters. The zero-order valence-corrected chi connectivity index (χ0v) is 11.9. The Morgan fingerprint density at radius 2 is 2.11 bits per heavy atom. The van der Waals surface area contributed by atoms with Crippen molar-refractivity contribution >= 4 is 13.2 Å². The molecular weight excluding hydrogens is 253 g/mol. The molecule has 18 heavy (non-hydrogen) atoms. The summed E-state index contributed by atoms with van der Waals surface area (Å²) in [5, 5.41) is 0. The molecule has 104 valence electrons. The van der Waals surface area contributed by atoms with E-state index in [2.05, 4.69) is 6.92 Å². The van der Waals surface area contributed by atoms with Gasteiger partial charge < -0.3 is 14.7 Å². The van der Waals surface area contributed by atoms with Gasteiger partial charge in [0.15, 0.2) is 0 Å². The van der Waals surface area contributed by atoms with Crippen LogP contribution >= 0.6 is 7.60 Å². The van der Waals surface area contributed by atoms with Crippen molar-refractivity contribution in [1.82, 2.24) is 4.90 Å². The highest BCUT2D eigenvalue weighted by Crippen LogP contribution is 2.58. The van der Waals surface area contributed by atoms with Gasteiger partial charge in [-0.2, -0.15) is 0 Å². The zero-order chi connectivity index (χ0) is 13.6. The highest BCUT2D eigenvalue weighted by Gasteiger charge is 2.54. The Bertz CT molecular complexity index is 394. The second-order valence-electron chi connectivity index (χ2n) is 5.69. The summed E-state index contributed by atoms with van der Waals surface area (Å²) in [6.07, 6.45) is 5.29. The summed E-state index contributed by atoms with van der Waals surface area (Å²) in [5.41, 5.74) is -0.888. The van der Waals surface area contributed by atoms with Crippen molar-refractivity contribution in [2.45, 2.75) is 52.0 Å². The third kappa shape index (κ3) is 2.13. The maximum atomic E-state index is 11.9. The summed E-state index contributed by atoms with van der Waals surface area (Å²) in [6, 6.07) is 0.0198. The monoisotopic (exact) mass is 275 g/mol. The van der Waals surface area contributed by atoms with E-state index >= 15 is 0 Å². The minimum Gasteiger partial charge on any atom is -0.329 e. The van der Waals surface area contributed by atoms with Crippen molar-refractivity contribution in [3.63, 3.8) is 0 Å². The summed E-state index contributed by atoms with van der Waals surface area (Å²) in [6.45, 7) is 4.29. The number of hydrogen-bond donors (Lipinski definition) is 2. The van der Waals surface area contributed by atoms with E-state index in [1.807, 2.05) is 0 Å². The molecule has 0 aromatic carbocycles. The molecule has 2 N–H and O–H groups in total. The smallest absolute Gasteiger partial charge is 0.329 e. The van der Waals surface area contributed by atoms with E-state index in [0.29, 0.717) is 12.5 Å². The van der Waals surface area contributed by atoms with Crippen LogP contribution in [0.1, 0.15) is 46.0 Å². The minimum atomic E-state index is -4.66. The molecule has 0 heterocycles. The van der Waals surface area contributed by atoms with E-state index in [1.54, 1.807) is 6.92 Å². The van der Waals surface area contributed by atoms with Crippen LogP contribution in [0.4, 0.5) is 4.79 Å². The van der Waals surface area contributed by atoms with Gasteiger partial charge in [-0.05, 0) is 50.4 Å². The van der Waals surface area contributed by atoms with Crippen molar-refractivity contribution in [3.05, 3.63) is 0 Å². The van der Waals surface area contributed by atoms with Gasteiger partial charge in [0.05, 0.1) is 0 Å². The molecule has 0 spiro atoms. The molecule has 2 aliphatic carbocycles. The Labute approximate surface area is 108 Å². The first kappa shape index (κ1) is 14.0. The zero-order valence-electron chi connectivity index (χ0n) is 11.0. The highest BCUT2D eigenvalue weighted by atomic mass is 31.2. The Morgan fingerprint density at radius 3 is 2.56 bits per heavy atom. The van der Waals surface area contributed by atoms with Gasteiger partial charge in [-0.3, -0.25) is 4.79 Å². The van der Waals surface area contributed by atoms with Gasteiger partial charge in [-0.25, -0.2) is 4.57 Å². The van der Waals surface area contributed by atoms with Gasteiger partial charge in [0.2, 0.25) is 0 Å². The van der Waals surface area contributed by atoms with Crippen molar-refractivity contribution in [2.75, 3.05) is 6.54 Å². The Hall–Kier alpha value is -0.380. The lowest BCUT2D eigenvalue weighted by molar-refractivity contribution is 0.104. The van der Waals surface area contributed by atoms with E-state index in [0.717, 1.165) is 25.7 Å². The number of rotatable bonds is 4. The van der Waals surface area contributed by atoms with Gasteiger partial charge >= 0.3 is 13.2 Å². The van der Waals surface area contributed by atoms with Crippen LogP contribution in [0.3, 0.4) is 0 Å². The molecule has 0 aromatic rings. The molecule has 6 heteroatoms. The van der Waals surface area contributed by atoms with Crippen LogP contribution in [-0.2, 0) is 4.57 Å². The fourth-order valence-electron chi connectivity index (χ4n) is 4.01. The third-order valence-corrected chi connectivity index (χ3v) is 5.68. The summed E-state index contributed by atoms with van der Waals surface area (Å²) in [7, 11) is -4.66. The van der Waals surface area contributed by atoms with E-state index in [9.17, 15) is 9.36 Å². The third-order valence-electron chi connectivity index (χ3n) is 4.93. The molecule has 2 saturated carbocycles. The first-order valence-corrected chi connectivity index (χ1v) is 8.32. The normalized spacial score (nSPS) is 34.9. The number of hydrogen-bond acceptors (Lipinski definition) is 2. The second kappa shape index (κ2) is 4.62. The maximum absolute atomic E-state index is 11.9. The van der Waals surface area contributed by atoms with Crippen molar-refractivity contribution in [2.24, 2.45) is 11.3 Å². The van der Waals surface area contributed by atoms with Gasteiger partial charge in [-0.1, -0.05) is 6.92 Å². The standard InChI is InChI=1S/C12H22NO4P/c1-3-12-6-5-9(8-12)7-10(12)13(4-2)11(14)18(15,16)17/h9-10H,3-8H2,1-2H3,(H2,15,16,17). The fourth-order valence-corrected chi connectivity index (χ4v) is 4.63. The van der Waals surface area contributed by atoms with Crippen molar-refractivity contribution in [1.29, 1.82) is 0 Å². The summed E-state index contributed by atoms with van der Waals surface area (Å²) >= 11 is 0. The lowest BCUT2D eigenvalue weighted by Crippen LogP contribution is -2.47. The van der Waals surface area contributed by atoms with E-state index in [1.165, 1.54) is 11.3 Å². The number of carbonyl (C=O) groups excluding carboxylic acids is 1. The van der Waals surface area contributed by atoms with E-state index in [4.69, 9.17) is 9.79 Å². The average Bonchev–Trinajstić information content (AvgIpc) is 2.87. The topological polar surface area (TPSA) is 77.8 Å². The molecule has 2 bridgehead atoms. The Morgan fingerprint density at radius 1 is 1.44 bits per heavy atom. The first-order valence-electron chi connectivity index (χ1n) is 6.70. The van der Waals surface area contributed by atoms with Gasteiger partial charge in [0.1, 0.15) is 0 Å². The highest BCUT2D eigenvalue weighted by molar-refractivity contribution is 7.69. The lowest BCUT2D eigenvalue weighted by atomic mass is 9.77. The fraction of sp³-hybridized carbons (Fsp3) is 0.917. The maximum Gasteiger partial charge on any atom is 0.413 e. The number of carbonyl (C=O) groups is 1. The van der Waals surface area contributed by atoms with Gasteiger partial charge in [-0.15, -0.1) is 0 Å². The van der Waals surface area contributed by atoms with Crippen LogP contribution in [0.5, 0.6) is 0 Å². The minimum absolute atomic E-state index is 0.0198. The van der Waals surface area contributed by atoms with Crippen LogP contribution in [0.25, 0.3) is 0 Å².